The molecular formula is C12H21NO4S. The summed E-state index contributed by atoms with van der Waals surface area (Å²) in [6.07, 6.45) is 4.33. The summed E-state index contributed by atoms with van der Waals surface area (Å²) in [5, 5.41) is -0.272. The maximum absolute atomic E-state index is 12.0. The Morgan fingerprint density at radius 2 is 1.83 bits per heavy atom. The Balaban J connectivity index is 2.04. The minimum Gasteiger partial charge on any atom is -0.372 e. The van der Waals surface area contributed by atoms with E-state index in [1.165, 1.54) is 6.26 Å². The summed E-state index contributed by atoms with van der Waals surface area (Å²) in [6, 6.07) is 0.188. The largest absolute Gasteiger partial charge is 0.372 e. The molecule has 0 N–H and O–H groups in total. The van der Waals surface area contributed by atoms with Crippen molar-refractivity contribution in [3.8, 4) is 0 Å². The Morgan fingerprint density at radius 1 is 1.28 bits per heavy atom. The number of sulfone groups is 1. The number of carbonyl (C=O) groups excluding carboxylic acids is 1. The summed E-state index contributed by atoms with van der Waals surface area (Å²) in [5.74, 6) is 0.0105. The van der Waals surface area contributed by atoms with Crippen LogP contribution < -0.4 is 0 Å². The molecule has 2 atom stereocenters. The van der Waals surface area contributed by atoms with Crippen molar-refractivity contribution in [2.75, 3.05) is 19.5 Å². The first-order valence-electron chi connectivity index (χ1n) is 6.51. The monoisotopic (exact) mass is 275 g/mol. The van der Waals surface area contributed by atoms with Crippen LogP contribution in [0, 0.1) is 0 Å². The van der Waals surface area contributed by atoms with Gasteiger partial charge in [-0.3, -0.25) is 4.79 Å². The minimum atomic E-state index is -2.99. The Hall–Kier alpha value is -0.620. The molecule has 0 radical (unpaired) electrons. The number of ether oxygens (including phenoxy) is 1. The fraction of sp³-hybridized carbons (Fsp3) is 0.917. The molecule has 2 aliphatic heterocycles. The second-order valence-electron chi connectivity index (χ2n) is 5.25. The van der Waals surface area contributed by atoms with Gasteiger partial charge in [-0.15, -0.1) is 0 Å². The maximum Gasteiger partial charge on any atom is 0.249 e. The number of piperidine rings is 1. The van der Waals surface area contributed by atoms with E-state index in [2.05, 4.69) is 0 Å². The maximum atomic E-state index is 12.0. The first-order valence-corrected chi connectivity index (χ1v) is 8.46. The molecule has 2 fully saturated rings. The summed E-state index contributed by atoms with van der Waals surface area (Å²) < 4.78 is 28.4. The van der Waals surface area contributed by atoms with Crippen molar-refractivity contribution in [3.05, 3.63) is 0 Å². The van der Waals surface area contributed by atoms with Crippen LogP contribution in [0.15, 0.2) is 0 Å². The Kier molecular flexibility index (Phi) is 3.96. The molecule has 0 aromatic heterocycles. The zero-order valence-corrected chi connectivity index (χ0v) is 11.8. The van der Waals surface area contributed by atoms with Gasteiger partial charge >= 0.3 is 0 Å². The molecular weight excluding hydrogens is 254 g/mol. The Morgan fingerprint density at radius 3 is 2.28 bits per heavy atom. The van der Waals surface area contributed by atoms with Crippen molar-refractivity contribution in [3.63, 3.8) is 0 Å². The van der Waals surface area contributed by atoms with Gasteiger partial charge in [-0.25, -0.2) is 8.42 Å². The van der Waals surface area contributed by atoms with Crippen molar-refractivity contribution >= 4 is 15.7 Å². The number of fused-ring (bicyclic) bond motifs is 2. The predicted octanol–water partition coefficient (Wildman–Crippen LogP) is 0.589. The molecule has 0 saturated carbocycles. The second kappa shape index (κ2) is 5.17. The molecule has 0 aliphatic carbocycles. The molecule has 0 spiro atoms. The lowest BCUT2D eigenvalue weighted by Crippen LogP contribution is -2.50. The van der Waals surface area contributed by atoms with E-state index in [-0.39, 0.29) is 29.8 Å². The van der Waals surface area contributed by atoms with E-state index < -0.39 is 9.84 Å². The average molecular weight is 275 g/mol. The molecule has 2 heterocycles. The highest BCUT2D eigenvalue weighted by atomic mass is 32.2. The molecule has 0 aromatic rings. The van der Waals surface area contributed by atoms with Crippen LogP contribution in [0.2, 0.25) is 0 Å². The standard InChI is InChI=1S/C12H21NO4S/c1-3-17-8-12(14)13-9-4-5-10(13)7-11(6-9)18(2,15)16/h9-11H,3-8H2,1-2H3. The van der Waals surface area contributed by atoms with Gasteiger partial charge in [0, 0.05) is 24.9 Å². The molecule has 1 amide bonds. The highest BCUT2D eigenvalue weighted by Gasteiger charge is 2.45. The highest BCUT2D eigenvalue weighted by Crippen LogP contribution is 2.38. The molecule has 2 bridgehead atoms. The average Bonchev–Trinajstić information content (AvgIpc) is 2.55. The summed E-state index contributed by atoms with van der Waals surface area (Å²) in [4.78, 5) is 13.9. The molecule has 5 nitrogen and oxygen atoms in total. The lowest BCUT2D eigenvalue weighted by Gasteiger charge is -2.38. The van der Waals surface area contributed by atoms with Crippen LogP contribution in [-0.4, -0.2) is 56.0 Å². The SMILES string of the molecule is CCOCC(=O)N1C2CCC1CC(S(C)(=O)=O)C2. The van der Waals surface area contributed by atoms with Gasteiger partial charge in [-0.1, -0.05) is 0 Å². The van der Waals surface area contributed by atoms with Crippen LogP contribution in [0.3, 0.4) is 0 Å². The quantitative estimate of drug-likeness (QED) is 0.753. The van der Waals surface area contributed by atoms with Crippen LogP contribution in [0.5, 0.6) is 0 Å². The second-order valence-corrected chi connectivity index (χ2v) is 7.57. The molecule has 2 saturated heterocycles. The third-order valence-corrected chi connectivity index (χ3v) is 5.61. The van der Waals surface area contributed by atoms with Crippen LogP contribution >= 0.6 is 0 Å². The lowest BCUT2D eigenvalue weighted by atomic mass is 10.0. The summed E-state index contributed by atoms with van der Waals surface area (Å²) >= 11 is 0. The smallest absolute Gasteiger partial charge is 0.249 e. The van der Waals surface area contributed by atoms with E-state index in [1.54, 1.807) is 0 Å². The van der Waals surface area contributed by atoms with E-state index in [4.69, 9.17) is 4.74 Å². The van der Waals surface area contributed by atoms with Gasteiger partial charge in [0.2, 0.25) is 5.91 Å². The summed E-state index contributed by atoms with van der Waals surface area (Å²) in [6.45, 7) is 2.51. The van der Waals surface area contributed by atoms with Crippen molar-refractivity contribution in [1.29, 1.82) is 0 Å². The van der Waals surface area contributed by atoms with E-state index in [0.29, 0.717) is 19.4 Å². The zero-order chi connectivity index (χ0) is 13.3. The van der Waals surface area contributed by atoms with Gasteiger partial charge in [-0.2, -0.15) is 0 Å². The first-order chi connectivity index (χ1) is 8.43. The van der Waals surface area contributed by atoms with Gasteiger partial charge in [0.05, 0.1) is 5.25 Å². The Labute approximate surface area is 108 Å². The lowest BCUT2D eigenvalue weighted by molar-refractivity contribution is -0.140. The van der Waals surface area contributed by atoms with Crippen LogP contribution in [0.25, 0.3) is 0 Å². The van der Waals surface area contributed by atoms with Crippen molar-refractivity contribution in [2.24, 2.45) is 0 Å². The van der Waals surface area contributed by atoms with Crippen molar-refractivity contribution < 1.29 is 17.9 Å². The van der Waals surface area contributed by atoms with Gasteiger partial charge in [-0.05, 0) is 32.6 Å². The third-order valence-electron chi connectivity index (χ3n) is 4.01. The van der Waals surface area contributed by atoms with E-state index in [0.717, 1.165) is 12.8 Å². The van der Waals surface area contributed by atoms with Crippen LogP contribution in [-0.2, 0) is 19.4 Å². The van der Waals surface area contributed by atoms with Crippen molar-refractivity contribution in [2.45, 2.75) is 49.9 Å². The molecule has 2 aliphatic rings. The highest BCUT2D eigenvalue weighted by molar-refractivity contribution is 7.91. The minimum absolute atomic E-state index is 0.0105. The van der Waals surface area contributed by atoms with Crippen LogP contribution in [0.1, 0.15) is 32.6 Å². The fourth-order valence-electron chi connectivity index (χ4n) is 3.15. The normalized spacial score (nSPS) is 31.7. The van der Waals surface area contributed by atoms with Crippen LogP contribution in [0.4, 0.5) is 0 Å². The van der Waals surface area contributed by atoms with E-state index >= 15 is 0 Å². The molecule has 18 heavy (non-hydrogen) atoms. The third kappa shape index (κ3) is 2.69. The Bertz CT molecular complexity index is 406. The van der Waals surface area contributed by atoms with E-state index in [9.17, 15) is 13.2 Å². The molecule has 0 aromatic carbocycles. The molecule has 2 rings (SSSR count). The van der Waals surface area contributed by atoms with Gasteiger partial charge < -0.3 is 9.64 Å². The number of rotatable bonds is 4. The topological polar surface area (TPSA) is 63.7 Å². The number of carbonyl (C=O) groups is 1. The predicted molar refractivity (Wildman–Crippen MR) is 68.0 cm³/mol. The van der Waals surface area contributed by atoms with Gasteiger partial charge in [0.25, 0.3) is 0 Å². The zero-order valence-electron chi connectivity index (χ0n) is 11.0. The summed E-state index contributed by atoms with van der Waals surface area (Å²) in [5.41, 5.74) is 0. The van der Waals surface area contributed by atoms with Gasteiger partial charge in [0.1, 0.15) is 16.4 Å². The number of nitrogens with zero attached hydrogens (tertiary/aromatic N) is 1. The number of hydrogen-bond donors (Lipinski definition) is 0. The molecule has 2 unspecified atom stereocenters. The van der Waals surface area contributed by atoms with Gasteiger partial charge in [0.15, 0.2) is 0 Å². The first kappa shape index (κ1) is 13.8. The van der Waals surface area contributed by atoms with Crippen molar-refractivity contribution in [1.82, 2.24) is 4.90 Å². The fourth-order valence-corrected chi connectivity index (χ4v) is 4.29. The number of amides is 1. The molecule has 6 heteroatoms. The number of hydrogen-bond acceptors (Lipinski definition) is 4. The molecule has 104 valence electrons. The van der Waals surface area contributed by atoms with E-state index in [1.807, 2.05) is 11.8 Å². The summed E-state index contributed by atoms with van der Waals surface area (Å²) in [7, 11) is -2.99.